The first kappa shape index (κ1) is 17.9. The maximum atomic E-state index is 12.7. The Morgan fingerprint density at radius 2 is 2.08 bits per heavy atom. The van der Waals surface area contributed by atoms with Gasteiger partial charge in [0.15, 0.2) is 11.5 Å². The molecule has 5 nitrogen and oxygen atoms in total. The molecule has 0 aliphatic rings. The highest BCUT2D eigenvalue weighted by Crippen LogP contribution is 2.30. The molecule has 1 aromatic carbocycles. The molecule has 0 bridgehead atoms. The van der Waals surface area contributed by atoms with E-state index in [2.05, 4.69) is 6.92 Å². The largest absolute Gasteiger partial charge is 0.493 e. The monoisotopic (exact) mass is 331 g/mol. The zero-order valence-electron chi connectivity index (χ0n) is 14.7. The Bertz CT molecular complexity index is 651. The van der Waals surface area contributed by atoms with Gasteiger partial charge in [-0.2, -0.15) is 0 Å². The van der Waals surface area contributed by atoms with Gasteiger partial charge >= 0.3 is 0 Å². The molecular weight excluding hydrogens is 306 g/mol. The van der Waals surface area contributed by atoms with Crippen molar-refractivity contribution in [3.05, 3.63) is 47.9 Å². The van der Waals surface area contributed by atoms with E-state index in [1.54, 1.807) is 43.5 Å². The molecule has 1 aromatic heterocycles. The van der Waals surface area contributed by atoms with Crippen molar-refractivity contribution in [2.75, 3.05) is 20.8 Å². The fourth-order valence-corrected chi connectivity index (χ4v) is 2.35. The lowest BCUT2D eigenvalue weighted by Gasteiger charge is -2.23. The number of furan rings is 1. The maximum Gasteiger partial charge on any atom is 0.254 e. The molecule has 1 unspecified atom stereocenters. The molecule has 2 aromatic rings. The molecule has 1 amide bonds. The second-order valence-electron chi connectivity index (χ2n) is 5.68. The van der Waals surface area contributed by atoms with Gasteiger partial charge in [-0.25, -0.2) is 0 Å². The molecule has 1 atom stereocenters. The standard InChI is InChI=1S/C19H25NO4/c1-5-6-11-24-17-10-9-15(13-18(17)22-4)19(21)20(3)14(2)16-8-7-12-23-16/h7-10,12-14H,5-6,11H2,1-4H3. The summed E-state index contributed by atoms with van der Waals surface area (Å²) in [4.78, 5) is 14.4. The van der Waals surface area contributed by atoms with E-state index in [0.717, 1.165) is 18.6 Å². The number of carbonyl (C=O) groups is 1. The summed E-state index contributed by atoms with van der Waals surface area (Å²) >= 11 is 0. The third-order valence-electron chi connectivity index (χ3n) is 4.02. The molecule has 0 radical (unpaired) electrons. The van der Waals surface area contributed by atoms with E-state index < -0.39 is 0 Å². The average molecular weight is 331 g/mol. The van der Waals surface area contributed by atoms with E-state index >= 15 is 0 Å². The first-order chi connectivity index (χ1) is 11.6. The number of hydrogen-bond acceptors (Lipinski definition) is 4. The zero-order valence-corrected chi connectivity index (χ0v) is 14.7. The third-order valence-corrected chi connectivity index (χ3v) is 4.02. The van der Waals surface area contributed by atoms with Crippen LogP contribution < -0.4 is 9.47 Å². The average Bonchev–Trinajstić information content (AvgIpc) is 3.14. The Hall–Kier alpha value is -2.43. The van der Waals surface area contributed by atoms with Gasteiger partial charge in [-0.05, 0) is 43.7 Å². The van der Waals surface area contributed by atoms with Crippen molar-refractivity contribution < 1.29 is 18.7 Å². The lowest BCUT2D eigenvalue weighted by atomic mass is 10.1. The number of amides is 1. The quantitative estimate of drug-likeness (QED) is 0.677. The number of rotatable bonds is 8. The molecule has 0 spiro atoms. The fraction of sp³-hybridized carbons (Fsp3) is 0.421. The highest BCUT2D eigenvalue weighted by Gasteiger charge is 2.21. The topological polar surface area (TPSA) is 51.9 Å². The van der Waals surface area contributed by atoms with E-state index in [-0.39, 0.29) is 11.9 Å². The van der Waals surface area contributed by atoms with Crippen LogP contribution in [0.15, 0.2) is 41.0 Å². The van der Waals surface area contributed by atoms with Gasteiger partial charge in [0.25, 0.3) is 5.91 Å². The van der Waals surface area contributed by atoms with E-state index in [4.69, 9.17) is 13.9 Å². The van der Waals surface area contributed by atoms with E-state index in [9.17, 15) is 4.79 Å². The van der Waals surface area contributed by atoms with Crippen LogP contribution in [0, 0.1) is 0 Å². The minimum atomic E-state index is -0.154. The Morgan fingerprint density at radius 3 is 2.71 bits per heavy atom. The van der Waals surface area contributed by atoms with Gasteiger partial charge < -0.3 is 18.8 Å². The van der Waals surface area contributed by atoms with Gasteiger partial charge in [-0.15, -0.1) is 0 Å². The summed E-state index contributed by atoms with van der Waals surface area (Å²) in [6.45, 7) is 4.67. The van der Waals surface area contributed by atoms with Gasteiger partial charge in [0, 0.05) is 12.6 Å². The molecule has 130 valence electrons. The lowest BCUT2D eigenvalue weighted by Crippen LogP contribution is -2.29. The highest BCUT2D eigenvalue weighted by atomic mass is 16.5. The molecule has 0 fully saturated rings. The summed E-state index contributed by atoms with van der Waals surface area (Å²) in [5.74, 6) is 1.87. The number of carbonyl (C=O) groups excluding carboxylic acids is 1. The van der Waals surface area contributed by atoms with Gasteiger partial charge in [0.05, 0.1) is 26.0 Å². The van der Waals surface area contributed by atoms with Crippen molar-refractivity contribution in [2.24, 2.45) is 0 Å². The lowest BCUT2D eigenvalue weighted by molar-refractivity contribution is 0.0726. The Kier molecular flexibility index (Phi) is 6.29. The second-order valence-corrected chi connectivity index (χ2v) is 5.68. The summed E-state index contributed by atoms with van der Waals surface area (Å²) in [5, 5.41) is 0. The minimum absolute atomic E-state index is 0.0997. The molecule has 2 rings (SSSR count). The molecule has 0 aliphatic carbocycles. The number of methoxy groups -OCH3 is 1. The van der Waals surface area contributed by atoms with Crippen molar-refractivity contribution >= 4 is 5.91 Å². The number of benzene rings is 1. The molecule has 0 aliphatic heterocycles. The zero-order chi connectivity index (χ0) is 17.5. The normalized spacial score (nSPS) is 11.8. The van der Waals surface area contributed by atoms with Gasteiger partial charge in [-0.1, -0.05) is 13.3 Å². The molecule has 5 heteroatoms. The fourth-order valence-electron chi connectivity index (χ4n) is 2.35. The van der Waals surface area contributed by atoms with Crippen molar-refractivity contribution in [3.63, 3.8) is 0 Å². The number of ether oxygens (including phenoxy) is 2. The second kappa shape index (κ2) is 8.43. The molecule has 0 saturated carbocycles. The Labute approximate surface area is 143 Å². The molecule has 24 heavy (non-hydrogen) atoms. The van der Waals surface area contributed by atoms with Crippen molar-refractivity contribution in [1.82, 2.24) is 4.90 Å². The van der Waals surface area contributed by atoms with Gasteiger partial charge in [0.2, 0.25) is 0 Å². The summed E-state index contributed by atoms with van der Waals surface area (Å²) < 4.78 is 16.5. The number of hydrogen-bond donors (Lipinski definition) is 0. The predicted molar refractivity (Wildman–Crippen MR) is 92.6 cm³/mol. The first-order valence-electron chi connectivity index (χ1n) is 8.19. The van der Waals surface area contributed by atoms with Crippen LogP contribution in [0.3, 0.4) is 0 Å². The van der Waals surface area contributed by atoms with E-state index in [1.807, 2.05) is 19.1 Å². The van der Waals surface area contributed by atoms with Crippen molar-refractivity contribution in [2.45, 2.75) is 32.7 Å². The van der Waals surface area contributed by atoms with Crippen LogP contribution in [0.1, 0.15) is 48.8 Å². The van der Waals surface area contributed by atoms with Crippen LogP contribution >= 0.6 is 0 Å². The summed E-state index contributed by atoms with van der Waals surface area (Å²) in [6, 6.07) is 8.79. The van der Waals surface area contributed by atoms with Crippen LogP contribution in [0.5, 0.6) is 11.5 Å². The summed E-state index contributed by atoms with van der Waals surface area (Å²) in [6.07, 6.45) is 3.65. The number of unbranched alkanes of at least 4 members (excludes halogenated alkanes) is 1. The van der Waals surface area contributed by atoms with E-state index in [1.165, 1.54) is 0 Å². The minimum Gasteiger partial charge on any atom is -0.493 e. The van der Waals surface area contributed by atoms with Gasteiger partial charge in [0.1, 0.15) is 5.76 Å². The van der Waals surface area contributed by atoms with Crippen LogP contribution in [0.2, 0.25) is 0 Å². The Morgan fingerprint density at radius 1 is 1.29 bits per heavy atom. The molecular formula is C19H25NO4. The smallest absolute Gasteiger partial charge is 0.254 e. The summed E-state index contributed by atoms with van der Waals surface area (Å²) in [5.41, 5.74) is 0.551. The van der Waals surface area contributed by atoms with Gasteiger partial charge in [-0.3, -0.25) is 4.79 Å². The van der Waals surface area contributed by atoms with Crippen molar-refractivity contribution in [1.29, 1.82) is 0 Å². The predicted octanol–water partition coefficient (Wildman–Crippen LogP) is 4.30. The third kappa shape index (κ3) is 4.10. The molecule has 1 heterocycles. The number of nitrogens with zero attached hydrogens (tertiary/aromatic N) is 1. The molecule has 0 N–H and O–H groups in total. The van der Waals surface area contributed by atoms with Crippen LogP contribution in [0.4, 0.5) is 0 Å². The highest BCUT2D eigenvalue weighted by molar-refractivity contribution is 5.95. The summed E-state index contributed by atoms with van der Waals surface area (Å²) in [7, 11) is 3.33. The molecule has 0 saturated heterocycles. The SMILES string of the molecule is CCCCOc1ccc(C(=O)N(C)C(C)c2ccco2)cc1OC. The first-order valence-corrected chi connectivity index (χ1v) is 8.19. The van der Waals surface area contributed by atoms with E-state index in [0.29, 0.717) is 23.7 Å². The van der Waals surface area contributed by atoms with Crippen molar-refractivity contribution in [3.8, 4) is 11.5 Å². The Balaban J connectivity index is 2.14. The van der Waals surface area contributed by atoms with Crippen LogP contribution in [-0.2, 0) is 0 Å². The maximum absolute atomic E-state index is 12.7. The van der Waals surface area contributed by atoms with Crippen LogP contribution in [0.25, 0.3) is 0 Å². The van der Waals surface area contributed by atoms with Crippen LogP contribution in [-0.4, -0.2) is 31.6 Å².